The summed E-state index contributed by atoms with van der Waals surface area (Å²) in [5.74, 6) is 0.802. The number of hydrogen-bond acceptors (Lipinski definition) is 5. The first kappa shape index (κ1) is 19.9. The summed E-state index contributed by atoms with van der Waals surface area (Å²) in [5.41, 5.74) is 2.81. The topological polar surface area (TPSA) is 61.2 Å². The van der Waals surface area contributed by atoms with Gasteiger partial charge in [0.15, 0.2) is 10.9 Å². The summed E-state index contributed by atoms with van der Waals surface area (Å²) in [5, 5.41) is 0.988. The highest BCUT2D eigenvalue weighted by atomic mass is 32.2. The van der Waals surface area contributed by atoms with E-state index in [1.54, 1.807) is 25.3 Å². The van der Waals surface area contributed by atoms with E-state index in [2.05, 4.69) is 4.98 Å². The number of thioether (sulfide) groups is 1. The van der Waals surface area contributed by atoms with Crippen LogP contribution in [0.5, 0.6) is 5.75 Å². The van der Waals surface area contributed by atoms with Crippen LogP contribution in [0.15, 0.2) is 82.7 Å². The number of Topliss-reactive ketones (excluding diaryl/α,β-unsaturated/α-hetero) is 1. The van der Waals surface area contributed by atoms with Crippen molar-refractivity contribution < 1.29 is 9.53 Å². The molecule has 0 aliphatic rings. The van der Waals surface area contributed by atoms with Crippen LogP contribution >= 0.6 is 11.8 Å². The molecule has 0 bridgehead atoms. The average Bonchev–Trinajstić information content (AvgIpc) is 2.78. The third kappa shape index (κ3) is 4.00. The molecule has 0 fully saturated rings. The first-order chi connectivity index (χ1) is 14.6. The molecule has 150 valence electrons. The second kappa shape index (κ2) is 8.55. The van der Waals surface area contributed by atoms with E-state index >= 15 is 0 Å². The highest BCUT2D eigenvalue weighted by Gasteiger charge is 2.16. The maximum Gasteiger partial charge on any atom is 0.266 e. The van der Waals surface area contributed by atoms with Crippen LogP contribution in [0.25, 0.3) is 16.6 Å². The molecule has 0 N–H and O–H groups in total. The fourth-order valence-electron chi connectivity index (χ4n) is 3.14. The Morgan fingerprint density at radius 1 is 1.03 bits per heavy atom. The number of carbonyl (C=O) groups is 1. The number of ether oxygens (including phenoxy) is 1. The number of ketones is 1. The summed E-state index contributed by atoms with van der Waals surface area (Å²) in [6.07, 6.45) is 0. The quantitative estimate of drug-likeness (QED) is 0.260. The van der Waals surface area contributed by atoms with Gasteiger partial charge in [0.2, 0.25) is 0 Å². The van der Waals surface area contributed by atoms with E-state index in [-0.39, 0.29) is 17.1 Å². The van der Waals surface area contributed by atoms with Gasteiger partial charge in [-0.25, -0.2) is 4.98 Å². The molecule has 6 heteroatoms. The Labute approximate surface area is 178 Å². The van der Waals surface area contributed by atoms with E-state index in [0.717, 1.165) is 5.56 Å². The molecule has 30 heavy (non-hydrogen) atoms. The molecule has 1 aromatic heterocycles. The van der Waals surface area contributed by atoms with Gasteiger partial charge in [0, 0.05) is 11.6 Å². The largest absolute Gasteiger partial charge is 0.497 e. The molecule has 4 rings (SSSR count). The minimum Gasteiger partial charge on any atom is -0.497 e. The lowest BCUT2D eigenvalue weighted by atomic mass is 10.1. The number of benzene rings is 3. The van der Waals surface area contributed by atoms with Crippen LogP contribution in [-0.4, -0.2) is 28.2 Å². The molecule has 0 saturated carbocycles. The molecular weight excluding hydrogens is 396 g/mol. The van der Waals surface area contributed by atoms with Crippen LogP contribution in [-0.2, 0) is 0 Å². The summed E-state index contributed by atoms with van der Waals surface area (Å²) < 4.78 is 6.85. The smallest absolute Gasteiger partial charge is 0.266 e. The highest BCUT2D eigenvalue weighted by molar-refractivity contribution is 7.99. The van der Waals surface area contributed by atoms with E-state index in [0.29, 0.717) is 33.1 Å². The molecule has 0 amide bonds. The summed E-state index contributed by atoms with van der Waals surface area (Å²) in [4.78, 5) is 30.6. The van der Waals surface area contributed by atoms with Gasteiger partial charge in [-0.05, 0) is 31.2 Å². The molecule has 0 spiro atoms. The zero-order valence-electron chi connectivity index (χ0n) is 16.7. The lowest BCUT2D eigenvalue weighted by Crippen LogP contribution is -2.22. The van der Waals surface area contributed by atoms with Crippen LogP contribution < -0.4 is 10.3 Å². The van der Waals surface area contributed by atoms with Gasteiger partial charge in [0.05, 0.1) is 29.5 Å². The van der Waals surface area contributed by atoms with Gasteiger partial charge in [0.1, 0.15) is 5.75 Å². The number of aryl methyl sites for hydroxylation is 1. The van der Waals surface area contributed by atoms with Gasteiger partial charge in [0.25, 0.3) is 5.56 Å². The van der Waals surface area contributed by atoms with Crippen molar-refractivity contribution >= 4 is 28.4 Å². The minimum absolute atomic E-state index is 0.0143. The van der Waals surface area contributed by atoms with Crippen molar-refractivity contribution in [1.82, 2.24) is 9.55 Å². The number of rotatable bonds is 6. The molecule has 4 aromatic rings. The Morgan fingerprint density at radius 3 is 2.57 bits per heavy atom. The third-order valence-corrected chi connectivity index (χ3v) is 5.70. The lowest BCUT2D eigenvalue weighted by molar-refractivity contribution is 0.102. The second-order valence-corrected chi connectivity index (χ2v) is 7.77. The summed E-state index contributed by atoms with van der Waals surface area (Å²) in [6.45, 7) is 1.98. The Morgan fingerprint density at radius 2 is 1.80 bits per heavy atom. The fraction of sp³-hybridized carbons (Fsp3) is 0.125. The predicted octanol–water partition coefficient (Wildman–Crippen LogP) is 4.68. The van der Waals surface area contributed by atoms with E-state index < -0.39 is 0 Å². The number of methoxy groups -OCH3 is 1. The Hall–Kier alpha value is -3.38. The molecule has 1 heterocycles. The summed E-state index contributed by atoms with van der Waals surface area (Å²) in [7, 11) is 1.58. The molecule has 0 atom stereocenters. The zero-order chi connectivity index (χ0) is 21.1. The average molecular weight is 417 g/mol. The van der Waals surface area contributed by atoms with E-state index in [4.69, 9.17) is 4.74 Å². The van der Waals surface area contributed by atoms with Gasteiger partial charge in [-0.3, -0.25) is 14.2 Å². The summed E-state index contributed by atoms with van der Waals surface area (Å²) in [6, 6.07) is 21.9. The number of fused-ring (bicyclic) bond motifs is 1. The van der Waals surface area contributed by atoms with Crippen LogP contribution in [0.3, 0.4) is 0 Å². The molecule has 0 saturated heterocycles. The first-order valence-corrected chi connectivity index (χ1v) is 10.4. The number of carbonyl (C=O) groups excluding carboxylic acids is 1. The number of hydrogen-bond donors (Lipinski definition) is 0. The van der Waals surface area contributed by atoms with Crippen molar-refractivity contribution in [2.75, 3.05) is 12.9 Å². The minimum atomic E-state index is -0.181. The van der Waals surface area contributed by atoms with Gasteiger partial charge in [-0.2, -0.15) is 0 Å². The molecule has 0 aliphatic heterocycles. The van der Waals surface area contributed by atoms with Crippen molar-refractivity contribution in [3.8, 4) is 11.4 Å². The van der Waals surface area contributed by atoms with E-state index in [1.165, 1.54) is 16.3 Å². The molecule has 0 unspecified atom stereocenters. The number of aromatic nitrogens is 2. The fourth-order valence-corrected chi connectivity index (χ4v) is 4.05. The van der Waals surface area contributed by atoms with Gasteiger partial charge in [-0.15, -0.1) is 0 Å². The van der Waals surface area contributed by atoms with Crippen molar-refractivity contribution in [2.24, 2.45) is 0 Å². The number of nitrogens with zero attached hydrogens (tertiary/aromatic N) is 2. The van der Waals surface area contributed by atoms with Crippen molar-refractivity contribution in [1.29, 1.82) is 0 Å². The first-order valence-electron chi connectivity index (χ1n) is 9.46. The molecule has 0 radical (unpaired) electrons. The van der Waals surface area contributed by atoms with Crippen LogP contribution in [0, 0.1) is 6.92 Å². The Kier molecular flexibility index (Phi) is 5.68. The SMILES string of the molecule is COc1cccc(-n2c(SCC(=O)c3ccc(C)cc3)nc3ccccc3c2=O)c1. The molecule has 5 nitrogen and oxygen atoms in total. The van der Waals surface area contributed by atoms with Crippen molar-refractivity contribution in [3.63, 3.8) is 0 Å². The molecule has 0 aliphatic carbocycles. The van der Waals surface area contributed by atoms with E-state index in [1.807, 2.05) is 61.5 Å². The monoisotopic (exact) mass is 416 g/mol. The van der Waals surface area contributed by atoms with Gasteiger partial charge < -0.3 is 4.74 Å². The van der Waals surface area contributed by atoms with Crippen molar-refractivity contribution in [3.05, 3.63) is 94.3 Å². The van der Waals surface area contributed by atoms with Crippen molar-refractivity contribution in [2.45, 2.75) is 12.1 Å². The Bertz CT molecular complexity index is 1280. The normalized spacial score (nSPS) is 10.9. The molecule has 3 aromatic carbocycles. The third-order valence-electron chi connectivity index (χ3n) is 4.76. The van der Waals surface area contributed by atoms with Crippen LogP contribution in [0.2, 0.25) is 0 Å². The van der Waals surface area contributed by atoms with Crippen LogP contribution in [0.1, 0.15) is 15.9 Å². The lowest BCUT2D eigenvalue weighted by Gasteiger charge is -2.14. The summed E-state index contributed by atoms with van der Waals surface area (Å²) >= 11 is 1.25. The Balaban J connectivity index is 1.76. The van der Waals surface area contributed by atoms with Crippen LogP contribution in [0.4, 0.5) is 0 Å². The second-order valence-electron chi connectivity index (χ2n) is 6.83. The van der Waals surface area contributed by atoms with Gasteiger partial charge >= 0.3 is 0 Å². The maximum atomic E-state index is 13.3. The predicted molar refractivity (Wildman–Crippen MR) is 120 cm³/mol. The standard InChI is InChI=1S/C24H20N2O3S/c1-16-10-12-17(13-11-16)22(27)15-30-24-25-21-9-4-3-8-20(21)23(28)26(24)18-6-5-7-19(14-18)29-2/h3-14H,15H2,1-2H3. The van der Waals surface area contributed by atoms with E-state index in [9.17, 15) is 9.59 Å². The molecular formula is C24H20N2O3S. The number of para-hydroxylation sites is 1. The van der Waals surface area contributed by atoms with Gasteiger partial charge in [-0.1, -0.05) is 59.8 Å². The maximum absolute atomic E-state index is 13.3. The zero-order valence-corrected chi connectivity index (χ0v) is 17.5. The highest BCUT2D eigenvalue weighted by Crippen LogP contribution is 2.24.